The van der Waals surface area contributed by atoms with Crippen molar-refractivity contribution in [3.8, 4) is 0 Å². The number of halogens is 2. The van der Waals surface area contributed by atoms with E-state index in [0.29, 0.717) is 36.3 Å². The van der Waals surface area contributed by atoms with Gasteiger partial charge in [0.2, 0.25) is 0 Å². The molecular weight excluding hydrogens is 490 g/mol. The summed E-state index contributed by atoms with van der Waals surface area (Å²) in [6.45, 7) is 4.34. The number of aryl methyl sites for hydroxylation is 1. The summed E-state index contributed by atoms with van der Waals surface area (Å²) in [5.74, 6) is -1.36. The minimum Gasteiger partial charge on any atom is -0.399 e. The number of rotatable bonds is 9. The van der Waals surface area contributed by atoms with Crippen LogP contribution >= 0.6 is 0 Å². The molecule has 1 aliphatic carbocycles. The van der Waals surface area contributed by atoms with Crippen LogP contribution in [0.2, 0.25) is 0 Å². The summed E-state index contributed by atoms with van der Waals surface area (Å²) >= 11 is 0. The second kappa shape index (κ2) is 10.4. The molecule has 2 fully saturated rings. The number of methoxy groups -OCH3 is 2. The Kier molecular flexibility index (Phi) is 7.28. The fourth-order valence-corrected chi connectivity index (χ4v) is 5.52. The van der Waals surface area contributed by atoms with E-state index in [9.17, 15) is 8.78 Å². The third-order valence-electron chi connectivity index (χ3n) is 7.76. The Morgan fingerprint density at radius 1 is 1.13 bits per heavy atom. The third-order valence-corrected chi connectivity index (χ3v) is 7.76. The van der Waals surface area contributed by atoms with E-state index in [1.165, 1.54) is 30.4 Å². The summed E-state index contributed by atoms with van der Waals surface area (Å²) in [6.07, 6.45) is 3.88. The standard InChI is InChI=1S/C29H36F2N4O3/c1-17(20-11-21(13-22(32)12-20)29(30,31)16-36-3)33-27-24-14-25(28(37-4)7-9-38-10-8-28)23(19-5-6-19)15-26(24)34-18(2)35-27/h11-15,17,19H,5-10,16,32H2,1-4H3,(H,33,34,35)/t17-/m1/s1. The first kappa shape index (κ1) is 26.7. The normalized spacial score (nSPS) is 18.5. The van der Waals surface area contributed by atoms with Gasteiger partial charge in [-0.1, -0.05) is 0 Å². The molecule has 7 nitrogen and oxygen atoms in total. The molecule has 0 amide bonds. The molecule has 38 heavy (non-hydrogen) atoms. The summed E-state index contributed by atoms with van der Waals surface area (Å²) < 4.78 is 45.8. The van der Waals surface area contributed by atoms with Gasteiger partial charge in [0.15, 0.2) is 0 Å². The third kappa shape index (κ3) is 5.19. The van der Waals surface area contributed by atoms with Crippen LogP contribution < -0.4 is 11.1 Å². The van der Waals surface area contributed by atoms with E-state index in [1.807, 2.05) is 13.8 Å². The molecule has 3 aromatic rings. The average Bonchev–Trinajstić information content (AvgIpc) is 3.73. The number of aromatic nitrogens is 2. The van der Waals surface area contributed by atoms with Crippen molar-refractivity contribution < 1.29 is 23.0 Å². The van der Waals surface area contributed by atoms with E-state index in [1.54, 1.807) is 13.2 Å². The number of benzene rings is 2. The molecule has 0 radical (unpaired) electrons. The minimum absolute atomic E-state index is 0.176. The lowest BCUT2D eigenvalue weighted by molar-refractivity contribution is -0.0951. The van der Waals surface area contributed by atoms with Crippen molar-refractivity contribution in [3.05, 3.63) is 58.4 Å². The predicted octanol–water partition coefficient (Wildman–Crippen LogP) is 5.96. The van der Waals surface area contributed by atoms with E-state index in [-0.39, 0.29) is 17.3 Å². The first-order valence-corrected chi connectivity index (χ1v) is 13.2. The molecule has 0 bridgehead atoms. The summed E-state index contributed by atoms with van der Waals surface area (Å²) in [5.41, 5.74) is 9.65. The molecule has 1 aromatic heterocycles. The maximum atomic E-state index is 14.6. The van der Waals surface area contributed by atoms with Crippen LogP contribution in [0.5, 0.6) is 0 Å². The zero-order chi connectivity index (χ0) is 27.1. The number of hydrogen-bond acceptors (Lipinski definition) is 7. The van der Waals surface area contributed by atoms with Gasteiger partial charge in [0.25, 0.3) is 5.92 Å². The van der Waals surface area contributed by atoms with Gasteiger partial charge in [0.05, 0.1) is 17.2 Å². The first-order chi connectivity index (χ1) is 18.2. The lowest BCUT2D eigenvalue weighted by Crippen LogP contribution is -2.36. The molecule has 2 heterocycles. The zero-order valence-electron chi connectivity index (χ0n) is 22.4. The second-order valence-electron chi connectivity index (χ2n) is 10.6. The van der Waals surface area contributed by atoms with Crippen molar-refractivity contribution in [1.82, 2.24) is 9.97 Å². The molecular formula is C29H36F2N4O3. The molecule has 0 spiro atoms. The van der Waals surface area contributed by atoms with Gasteiger partial charge in [-0.05, 0) is 79.6 Å². The van der Waals surface area contributed by atoms with Gasteiger partial charge in [-0.25, -0.2) is 9.97 Å². The van der Waals surface area contributed by atoms with E-state index in [0.717, 1.165) is 36.6 Å². The molecule has 1 aliphatic heterocycles. The van der Waals surface area contributed by atoms with Crippen molar-refractivity contribution in [2.45, 2.75) is 63.0 Å². The lowest BCUT2D eigenvalue weighted by atomic mass is 9.81. The highest BCUT2D eigenvalue weighted by Crippen LogP contribution is 2.49. The number of anilines is 2. The van der Waals surface area contributed by atoms with E-state index >= 15 is 0 Å². The molecule has 204 valence electrons. The maximum Gasteiger partial charge on any atom is 0.296 e. The number of ether oxygens (including phenoxy) is 3. The smallest absolute Gasteiger partial charge is 0.296 e. The Hall–Kier alpha value is -2.88. The van der Waals surface area contributed by atoms with Crippen LogP contribution in [0.4, 0.5) is 20.3 Å². The van der Waals surface area contributed by atoms with Gasteiger partial charge in [-0.2, -0.15) is 8.78 Å². The molecule has 1 saturated heterocycles. The van der Waals surface area contributed by atoms with Crippen molar-refractivity contribution in [1.29, 1.82) is 0 Å². The fourth-order valence-electron chi connectivity index (χ4n) is 5.52. The number of nitrogens with one attached hydrogen (secondary N) is 1. The van der Waals surface area contributed by atoms with Gasteiger partial charge in [-0.15, -0.1) is 0 Å². The van der Waals surface area contributed by atoms with Crippen molar-refractivity contribution in [2.75, 3.05) is 45.1 Å². The fraction of sp³-hybridized carbons (Fsp3) is 0.517. The van der Waals surface area contributed by atoms with Crippen LogP contribution in [0.25, 0.3) is 10.9 Å². The largest absolute Gasteiger partial charge is 0.399 e. The van der Waals surface area contributed by atoms with Crippen molar-refractivity contribution in [2.24, 2.45) is 0 Å². The van der Waals surface area contributed by atoms with E-state index in [4.69, 9.17) is 29.9 Å². The van der Waals surface area contributed by atoms with Crippen LogP contribution in [0.1, 0.15) is 72.6 Å². The Morgan fingerprint density at radius 3 is 2.53 bits per heavy atom. The molecule has 1 saturated carbocycles. The number of nitrogen functional groups attached to an aromatic ring is 1. The minimum atomic E-state index is -3.15. The topological polar surface area (TPSA) is 91.5 Å². The summed E-state index contributed by atoms with van der Waals surface area (Å²) in [5, 5.41) is 4.33. The Balaban J connectivity index is 1.57. The van der Waals surface area contributed by atoms with E-state index < -0.39 is 18.1 Å². The molecule has 9 heteroatoms. The summed E-state index contributed by atoms with van der Waals surface area (Å²) in [4.78, 5) is 9.48. The van der Waals surface area contributed by atoms with Gasteiger partial charge >= 0.3 is 0 Å². The average molecular weight is 527 g/mol. The quantitative estimate of drug-likeness (QED) is 0.332. The zero-order valence-corrected chi connectivity index (χ0v) is 22.4. The number of fused-ring (bicyclic) bond motifs is 1. The van der Waals surface area contributed by atoms with Crippen molar-refractivity contribution >= 4 is 22.4 Å². The van der Waals surface area contributed by atoms with Gasteiger partial charge in [0, 0.05) is 56.9 Å². The SMILES string of the molecule is COCC(F)(F)c1cc(N)cc([C@@H](C)Nc2nc(C)nc3cc(C4CC4)c(C4(OC)CCOCC4)cc23)c1. The second-order valence-corrected chi connectivity index (χ2v) is 10.6. The number of nitrogens with two attached hydrogens (primary N) is 1. The molecule has 5 rings (SSSR count). The van der Waals surface area contributed by atoms with Gasteiger partial charge in [0.1, 0.15) is 18.2 Å². The van der Waals surface area contributed by atoms with Crippen molar-refractivity contribution in [3.63, 3.8) is 0 Å². The maximum absolute atomic E-state index is 14.6. The lowest BCUT2D eigenvalue weighted by Gasteiger charge is -2.38. The predicted molar refractivity (Wildman–Crippen MR) is 144 cm³/mol. The Bertz CT molecular complexity index is 1320. The van der Waals surface area contributed by atoms with Crippen LogP contribution in [0.3, 0.4) is 0 Å². The molecule has 1 atom stereocenters. The highest BCUT2D eigenvalue weighted by molar-refractivity contribution is 5.91. The first-order valence-electron chi connectivity index (χ1n) is 13.2. The van der Waals surface area contributed by atoms with Crippen LogP contribution in [-0.2, 0) is 25.7 Å². The summed E-state index contributed by atoms with van der Waals surface area (Å²) in [7, 11) is 3.03. The molecule has 2 aromatic carbocycles. The van der Waals surface area contributed by atoms with Crippen LogP contribution in [0, 0.1) is 6.92 Å². The van der Waals surface area contributed by atoms with Crippen LogP contribution in [0.15, 0.2) is 30.3 Å². The molecule has 3 N–H and O–H groups in total. The summed E-state index contributed by atoms with van der Waals surface area (Å²) in [6, 6.07) is 8.49. The number of nitrogens with zero attached hydrogens (tertiary/aromatic N) is 2. The van der Waals surface area contributed by atoms with Gasteiger partial charge < -0.3 is 25.3 Å². The van der Waals surface area contributed by atoms with E-state index in [2.05, 4.69) is 17.4 Å². The Labute approximate surface area is 222 Å². The van der Waals surface area contributed by atoms with Crippen LogP contribution in [-0.4, -0.2) is 44.0 Å². The molecule has 2 aliphatic rings. The monoisotopic (exact) mass is 526 g/mol. The number of alkyl halides is 2. The van der Waals surface area contributed by atoms with Gasteiger partial charge in [-0.3, -0.25) is 0 Å². The Morgan fingerprint density at radius 2 is 1.87 bits per heavy atom. The number of hydrogen-bond donors (Lipinski definition) is 2. The molecule has 0 unspecified atom stereocenters. The highest BCUT2D eigenvalue weighted by atomic mass is 19.3. The highest BCUT2D eigenvalue weighted by Gasteiger charge is 2.40.